The molecule has 2 heterocycles. The summed E-state index contributed by atoms with van der Waals surface area (Å²) in [4.78, 5) is 12.9. The van der Waals surface area contributed by atoms with Crippen molar-refractivity contribution in [1.82, 2.24) is 0 Å². The van der Waals surface area contributed by atoms with Crippen molar-refractivity contribution in [3.05, 3.63) is 52.8 Å². The maximum absolute atomic E-state index is 12.9. The van der Waals surface area contributed by atoms with Crippen LogP contribution in [-0.4, -0.2) is 26.8 Å². The Bertz CT molecular complexity index is 1010. The molecule has 2 aromatic carbocycles. The predicted octanol–water partition coefficient (Wildman–Crippen LogP) is 3.96. The summed E-state index contributed by atoms with van der Waals surface area (Å²) in [6, 6.07) is 9.44. The van der Waals surface area contributed by atoms with Crippen LogP contribution in [0, 0.1) is 0 Å². The molecule has 1 aliphatic carbocycles. The van der Waals surface area contributed by atoms with E-state index in [1.165, 1.54) is 0 Å². The van der Waals surface area contributed by atoms with E-state index in [-0.39, 0.29) is 18.5 Å². The molecule has 6 heteroatoms. The fourth-order valence-electron chi connectivity index (χ4n) is 4.18. The van der Waals surface area contributed by atoms with E-state index in [1.54, 1.807) is 14.2 Å². The Balaban J connectivity index is 1.74. The summed E-state index contributed by atoms with van der Waals surface area (Å²) < 4.78 is 28.2. The monoisotopic (exact) mass is 380 g/mol. The number of hydrogen-bond acceptors (Lipinski definition) is 6. The van der Waals surface area contributed by atoms with E-state index in [4.69, 9.17) is 23.7 Å². The van der Waals surface area contributed by atoms with Gasteiger partial charge in [0.2, 0.25) is 6.79 Å². The van der Waals surface area contributed by atoms with Crippen LogP contribution < -0.4 is 23.7 Å². The van der Waals surface area contributed by atoms with Gasteiger partial charge in [-0.2, -0.15) is 0 Å². The van der Waals surface area contributed by atoms with Gasteiger partial charge in [-0.1, -0.05) is 6.07 Å². The zero-order chi connectivity index (χ0) is 19.3. The summed E-state index contributed by atoms with van der Waals surface area (Å²) in [6.45, 7) is 0.181. The highest BCUT2D eigenvalue weighted by Crippen LogP contribution is 2.52. The number of ether oxygens (including phenoxy) is 5. The largest absolute Gasteiger partial charge is 0.497 e. The van der Waals surface area contributed by atoms with Crippen LogP contribution in [0.2, 0.25) is 0 Å². The number of carbonyl (C=O) groups excluding carboxylic acids is 1. The fraction of sp³-hybridized carbons (Fsp3) is 0.318. The second-order valence-electron chi connectivity index (χ2n) is 7.00. The molecule has 2 aromatic rings. The lowest BCUT2D eigenvalue weighted by molar-refractivity contribution is -0.116. The number of hydrogen-bond donors (Lipinski definition) is 0. The SMILES string of the molecule is COc1ccc([C@H]2C3=C(CCCC3=O)Oc3cc4c(cc32)OCO4)c(OC)c1. The number of rotatable bonds is 3. The minimum absolute atomic E-state index is 0.118. The van der Waals surface area contributed by atoms with Crippen molar-refractivity contribution in [3.63, 3.8) is 0 Å². The molecule has 0 unspecified atom stereocenters. The molecule has 0 spiro atoms. The molecule has 0 fully saturated rings. The van der Waals surface area contributed by atoms with E-state index in [0.717, 1.165) is 29.7 Å². The second-order valence-corrected chi connectivity index (χ2v) is 7.00. The van der Waals surface area contributed by atoms with Gasteiger partial charge >= 0.3 is 0 Å². The molecule has 144 valence electrons. The number of allylic oxidation sites excluding steroid dienone is 2. The highest BCUT2D eigenvalue weighted by atomic mass is 16.7. The highest BCUT2D eigenvalue weighted by Gasteiger charge is 2.39. The minimum Gasteiger partial charge on any atom is -0.497 e. The molecular weight excluding hydrogens is 360 g/mol. The van der Waals surface area contributed by atoms with Crippen molar-refractivity contribution >= 4 is 5.78 Å². The van der Waals surface area contributed by atoms with Crippen LogP contribution >= 0.6 is 0 Å². The third-order valence-corrected chi connectivity index (χ3v) is 5.50. The molecule has 5 rings (SSSR count). The average Bonchev–Trinajstić information content (AvgIpc) is 3.17. The Morgan fingerprint density at radius 2 is 1.75 bits per heavy atom. The molecule has 0 aromatic heterocycles. The molecule has 0 saturated carbocycles. The summed E-state index contributed by atoms with van der Waals surface area (Å²) in [5.74, 6) is 3.95. The number of benzene rings is 2. The maximum atomic E-state index is 12.9. The molecule has 0 radical (unpaired) electrons. The average molecular weight is 380 g/mol. The van der Waals surface area contributed by atoms with Crippen LogP contribution in [0.3, 0.4) is 0 Å². The molecule has 28 heavy (non-hydrogen) atoms. The molecule has 6 nitrogen and oxygen atoms in total. The van der Waals surface area contributed by atoms with Crippen LogP contribution in [-0.2, 0) is 4.79 Å². The lowest BCUT2D eigenvalue weighted by Crippen LogP contribution is -2.25. The van der Waals surface area contributed by atoms with Crippen molar-refractivity contribution in [1.29, 1.82) is 0 Å². The van der Waals surface area contributed by atoms with Gasteiger partial charge in [0, 0.05) is 47.6 Å². The van der Waals surface area contributed by atoms with Crippen molar-refractivity contribution in [3.8, 4) is 28.7 Å². The topological polar surface area (TPSA) is 63.2 Å². The number of carbonyl (C=O) groups is 1. The van der Waals surface area contributed by atoms with Gasteiger partial charge in [-0.15, -0.1) is 0 Å². The normalized spacial score (nSPS) is 19.6. The van der Waals surface area contributed by atoms with E-state index < -0.39 is 0 Å². The van der Waals surface area contributed by atoms with Gasteiger partial charge in [-0.3, -0.25) is 4.79 Å². The molecule has 2 aliphatic heterocycles. The van der Waals surface area contributed by atoms with Gasteiger partial charge in [0.25, 0.3) is 0 Å². The van der Waals surface area contributed by atoms with Crippen LogP contribution in [0.25, 0.3) is 0 Å². The van der Waals surface area contributed by atoms with Gasteiger partial charge in [0.15, 0.2) is 17.3 Å². The van der Waals surface area contributed by atoms with E-state index in [0.29, 0.717) is 40.7 Å². The van der Waals surface area contributed by atoms with Gasteiger partial charge in [-0.25, -0.2) is 0 Å². The number of Topliss-reactive ketones (excluding diaryl/α,β-unsaturated/α-hetero) is 1. The molecule has 0 N–H and O–H groups in total. The highest BCUT2D eigenvalue weighted by molar-refractivity contribution is 5.99. The Morgan fingerprint density at radius 1 is 0.929 bits per heavy atom. The zero-order valence-corrected chi connectivity index (χ0v) is 15.7. The molecule has 0 bridgehead atoms. The van der Waals surface area contributed by atoms with Crippen LogP contribution in [0.4, 0.5) is 0 Å². The van der Waals surface area contributed by atoms with E-state index in [2.05, 4.69) is 0 Å². The summed E-state index contributed by atoms with van der Waals surface area (Å²) >= 11 is 0. The lowest BCUT2D eigenvalue weighted by atomic mass is 9.76. The maximum Gasteiger partial charge on any atom is 0.231 e. The van der Waals surface area contributed by atoms with Crippen LogP contribution in [0.15, 0.2) is 41.7 Å². The van der Waals surface area contributed by atoms with Crippen molar-refractivity contribution in [2.45, 2.75) is 25.2 Å². The first-order chi connectivity index (χ1) is 13.7. The summed E-state index contributed by atoms with van der Waals surface area (Å²) in [6.07, 6.45) is 2.06. The Hall–Kier alpha value is -3.15. The van der Waals surface area contributed by atoms with E-state index >= 15 is 0 Å². The van der Waals surface area contributed by atoms with Crippen LogP contribution in [0.1, 0.15) is 36.3 Å². The molecule has 1 atom stereocenters. The predicted molar refractivity (Wildman–Crippen MR) is 100 cm³/mol. The van der Waals surface area contributed by atoms with Crippen molar-refractivity contribution in [2.75, 3.05) is 21.0 Å². The summed E-state index contributed by atoms with van der Waals surface area (Å²) in [5, 5.41) is 0. The minimum atomic E-state index is -0.290. The third kappa shape index (κ3) is 2.52. The van der Waals surface area contributed by atoms with Gasteiger partial charge < -0.3 is 23.7 Å². The lowest BCUT2D eigenvalue weighted by Gasteiger charge is -2.33. The Morgan fingerprint density at radius 3 is 2.54 bits per heavy atom. The third-order valence-electron chi connectivity index (χ3n) is 5.50. The number of methoxy groups -OCH3 is 2. The summed E-state index contributed by atoms with van der Waals surface area (Å²) in [7, 11) is 3.24. The van der Waals surface area contributed by atoms with Crippen molar-refractivity contribution < 1.29 is 28.5 Å². The standard InChI is InChI=1S/C22H20O6/c1-24-12-6-7-13(17(8-12)25-2)21-14-9-19-20(27-11-26-19)10-18(14)28-16-5-3-4-15(23)22(16)21/h6-10,21H,3-5,11H2,1-2H3/t21-/m1/s1. The first-order valence-corrected chi connectivity index (χ1v) is 9.29. The Labute approximate surface area is 162 Å². The summed E-state index contributed by atoms with van der Waals surface area (Å²) in [5.41, 5.74) is 2.48. The molecule has 0 saturated heterocycles. The molecular formula is C22H20O6. The quantitative estimate of drug-likeness (QED) is 0.803. The second kappa shape index (κ2) is 6.48. The van der Waals surface area contributed by atoms with Crippen LogP contribution in [0.5, 0.6) is 28.7 Å². The number of fused-ring (bicyclic) bond motifs is 2. The first kappa shape index (κ1) is 17.0. The van der Waals surface area contributed by atoms with Crippen molar-refractivity contribution in [2.24, 2.45) is 0 Å². The van der Waals surface area contributed by atoms with Gasteiger partial charge in [0.05, 0.1) is 14.2 Å². The number of ketones is 1. The van der Waals surface area contributed by atoms with E-state index in [1.807, 2.05) is 30.3 Å². The smallest absolute Gasteiger partial charge is 0.231 e. The Kier molecular flexibility index (Phi) is 3.93. The van der Waals surface area contributed by atoms with Gasteiger partial charge in [0.1, 0.15) is 23.0 Å². The molecule has 3 aliphatic rings. The zero-order valence-electron chi connectivity index (χ0n) is 15.7. The van der Waals surface area contributed by atoms with Gasteiger partial charge in [-0.05, 0) is 18.6 Å². The first-order valence-electron chi connectivity index (χ1n) is 9.29. The van der Waals surface area contributed by atoms with E-state index in [9.17, 15) is 4.79 Å². The molecule has 0 amide bonds. The fourth-order valence-corrected chi connectivity index (χ4v) is 4.18.